The van der Waals surface area contributed by atoms with Crippen LogP contribution < -0.4 is 5.32 Å². The van der Waals surface area contributed by atoms with E-state index in [0.717, 1.165) is 5.39 Å². The number of thiazole rings is 1. The predicted octanol–water partition coefficient (Wildman–Crippen LogP) is 4.22. The maximum Gasteiger partial charge on any atom is 0.443 e. The number of hydrogen-bond acceptors (Lipinski definition) is 4. The summed E-state index contributed by atoms with van der Waals surface area (Å²) in [4.78, 5) is 3.91. The van der Waals surface area contributed by atoms with E-state index in [2.05, 4.69) is 10.3 Å². The molecule has 0 aliphatic carbocycles. The molecule has 1 N–H and O–H groups in total. The minimum Gasteiger partial charge on any atom is -0.459 e. The van der Waals surface area contributed by atoms with Gasteiger partial charge in [0, 0.05) is 16.5 Å². The Morgan fingerprint density at radius 2 is 2.05 bits per heavy atom. The fourth-order valence-corrected chi connectivity index (χ4v) is 3.02. The predicted molar refractivity (Wildman–Crippen MR) is 74.2 cm³/mol. The lowest BCUT2D eigenvalue weighted by atomic mass is 10.2. The zero-order chi connectivity index (χ0) is 15.0. The Morgan fingerprint density at radius 1 is 1.29 bits per heavy atom. The second-order valence-corrected chi connectivity index (χ2v) is 5.54. The molecule has 110 valence electrons. The Hall–Kier alpha value is -1.86. The Labute approximate surface area is 122 Å². The van der Waals surface area contributed by atoms with Gasteiger partial charge in [0.25, 0.3) is 0 Å². The minimum absolute atomic E-state index is 0.453. The van der Waals surface area contributed by atoms with Crippen molar-refractivity contribution in [1.82, 2.24) is 10.3 Å². The van der Waals surface area contributed by atoms with Crippen molar-refractivity contribution >= 4 is 22.3 Å². The van der Waals surface area contributed by atoms with Gasteiger partial charge in [-0.25, -0.2) is 4.98 Å². The molecule has 1 aromatic carbocycles. The van der Waals surface area contributed by atoms with Crippen molar-refractivity contribution in [2.45, 2.75) is 12.2 Å². The molecule has 0 spiro atoms. The standard InChI is InChI=1S/C14H11F3N2OS/c1-18-12(11-7-19-13(21-11)14(15,16)17)10-6-8-4-2-3-5-9(8)20-10/h2-7,12,18H,1H3. The number of para-hydroxylation sites is 1. The smallest absolute Gasteiger partial charge is 0.443 e. The summed E-state index contributed by atoms with van der Waals surface area (Å²) in [5.41, 5.74) is 0.702. The number of halogens is 3. The van der Waals surface area contributed by atoms with Gasteiger partial charge in [-0.2, -0.15) is 13.2 Å². The molecule has 3 nitrogen and oxygen atoms in total. The molecule has 0 fully saturated rings. The van der Waals surface area contributed by atoms with E-state index in [9.17, 15) is 13.2 Å². The molecule has 1 unspecified atom stereocenters. The van der Waals surface area contributed by atoms with Crippen molar-refractivity contribution in [3.05, 3.63) is 52.2 Å². The maximum atomic E-state index is 12.6. The van der Waals surface area contributed by atoms with E-state index in [-0.39, 0.29) is 0 Å². The highest BCUT2D eigenvalue weighted by atomic mass is 32.1. The fraction of sp³-hybridized carbons (Fsp3) is 0.214. The third kappa shape index (κ3) is 2.66. The number of fused-ring (bicyclic) bond motifs is 1. The number of hydrogen-bond donors (Lipinski definition) is 1. The van der Waals surface area contributed by atoms with Gasteiger partial charge in [0.15, 0.2) is 5.01 Å². The van der Waals surface area contributed by atoms with E-state index in [1.165, 1.54) is 6.20 Å². The van der Waals surface area contributed by atoms with Crippen molar-refractivity contribution in [2.24, 2.45) is 0 Å². The number of alkyl halides is 3. The molecule has 0 aliphatic heterocycles. The molecule has 3 rings (SSSR count). The number of rotatable bonds is 3. The van der Waals surface area contributed by atoms with E-state index >= 15 is 0 Å². The first kappa shape index (κ1) is 14.1. The Balaban J connectivity index is 1.99. The molecule has 21 heavy (non-hydrogen) atoms. The average molecular weight is 312 g/mol. The number of benzene rings is 1. The lowest BCUT2D eigenvalue weighted by Gasteiger charge is -2.10. The molecule has 0 aliphatic rings. The molecule has 1 atom stereocenters. The lowest BCUT2D eigenvalue weighted by molar-refractivity contribution is -0.137. The van der Waals surface area contributed by atoms with Crippen LogP contribution in [-0.4, -0.2) is 12.0 Å². The van der Waals surface area contributed by atoms with Gasteiger partial charge in [-0.05, 0) is 19.2 Å². The normalized spacial score (nSPS) is 13.7. The summed E-state index contributed by atoms with van der Waals surface area (Å²) in [6.45, 7) is 0. The molecule has 3 aromatic rings. The number of furan rings is 1. The second kappa shape index (κ2) is 5.16. The molecule has 0 saturated carbocycles. The Morgan fingerprint density at radius 3 is 2.67 bits per heavy atom. The molecule has 0 saturated heterocycles. The zero-order valence-electron chi connectivity index (χ0n) is 10.9. The van der Waals surface area contributed by atoms with Gasteiger partial charge in [0.2, 0.25) is 0 Å². The first-order chi connectivity index (χ1) is 9.99. The number of aromatic nitrogens is 1. The van der Waals surface area contributed by atoms with Crippen LogP contribution in [0.2, 0.25) is 0 Å². The quantitative estimate of drug-likeness (QED) is 0.787. The minimum atomic E-state index is -4.42. The van der Waals surface area contributed by atoms with Crippen LogP contribution in [0.3, 0.4) is 0 Å². The highest BCUT2D eigenvalue weighted by molar-refractivity contribution is 7.11. The van der Waals surface area contributed by atoms with Gasteiger partial charge in [0.1, 0.15) is 17.4 Å². The Bertz CT molecular complexity index is 730. The lowest BCUT2D eigenvalue weighted by Crippen LogP contribution is -2.15. The Kier molecular flexibility index (Phi) is 3.46. The third-order valence-corrected chi connectivity index (χ3v) is 4.18. The van der Waals surface area contributed by atoms with Gasteiger partial charge in [0.05, 0.1) is 0 Å². The molecule has 0 amide bonds. The van der Waals surface area contributed by atoms with Crippen LogP contribution >= 0.6 is 11.3 Å². The molecule has 7 heteroatoms. The molecule has 2 aromatic heterocycles. The van der Waals surface area contributed by atoms with Crippen LogP contribution in [-0.2, 0) is 6.18 Å². The SMILES string of the molecule is CNC(c1cc2ccccc2o1)c1cnc(C(F)(F)F)s1. The van der Waals surface area contributed by atoms with Gasteiger partial charge in [-0.15, -0.1) is 11.3 Å². The molecule has 2 heterocycles. The fourth-order valence-electron chi connectivity index (χ4n) is 2.12. The van der Waals surface area contributed by atoms with Crippen molar-refractivity contribution in [2.75, 3.05) is 7.05 Å². The summed E-state index contributed by atoms with van der Waals surface area (Å²) in [6, 6.07) is 8.81. The van der Waals surface area contributed by atoms with Crippen LogP contribution in [0.15, 0.2) is 40.9 Å². The van der Waals surface area contributed by atoms with E-state index in [1.54, 1.807) is 7.05 Å². The second-order valence-electron chi connectivity index (χ2n) is 4.47. The summed E-state index contributed by atoms with van der Waals surface area (Å²) >= 11 is 0.619. The number of nitrogens with zero attached hydrogens (tertiary/aromatic N) is 1. The largest absolute Gasteiger partial charge is 0.459 e. The first-order valence-corrected chi connectivity index (χ1v) is 6.99. The molecule has 0 radical (unpaired) electrons. The van der Waals surface area contributed by atoms with Crippen LogP contribution in [0, 0.1) is 0 Å². The monoisotopic (exact) mass is 312 g/mol. The summed E-state index contributed by atoms with van der Waals surface area (Å²) in [5.74, 6) is 0.566. The maximum absolute atomic E-state index is 12.6. The van der Waals surface area contributed by atoms with E-state index in [1.807, 2.05) is 30.3 Å². The summed E-state index contributed by atoms with van der Waals surface area (Å²) in [6.07, 6.45) is -3.18. The van der Waals surface area contributed by atoms with Crippen molar-refractivity contribution in [1.29, 1.82) is 0 Å². The van der Waals surface area contributed by atoms with Gasteiger partial charge in [-0.1, -0.05) is 18.2 Å². The van der Waals surface area contributed by atoms with Crippen LogP contribution in [0.5, 0.6) is 0 Å². The zero-order valence-corrected chi connectivity index (χ0v) is 11.8. The average Bonchev–Trinajstić information content (AvgIpc) is 3.05. The van der Waals surface area contributed by atoms with Crippen molar-refractivity contribution < 1.29 is 17.6 Å². The summed E-state index contributed by atoms with van der Waals surface area (Å²) < 4.78 is 43.6. The number of nitrogens with one attached hydrogen (secondary N) is 1. The van der Waals surface area contributed by atoms with Crippen molar-refractivity contribution in [3.63, 3.8) is 0 Å². The van der Waals surface area contributed by atoms with E-state index in [0.29, 0.717) is 27.6 Å². The van der Waals surface area contributed by atoms with Crippen molar-refractivity contribution in [3.8, 4) is 0 Å². The topological polar surface area (TPSA) is 38.1 Å². The van der Waals surface area contributed by atoms with Crippen LogP contribution in [0.4, 0.5) is 13.2 Å². The summed E-state index contributed by atoms with van der Waals surface area (Å²) in [5, 5.41) is 3.03. The molecular weight excluding hydrogens is 301 g/mol. The first-order valence-electron chi connectivity index (χ1n) is 6.17. The van der Waals surface area contributed by atoms with Crippen LogP contribution in [0.1, 0.15) is 21.7 Å². The third-order valence-electron chi connectivity index (χ3n) is 3.07. The van der Waals surface area contributed by atoms with Gasteiger partial charge < -0.3 is 9.73 Å². The highest BCUT2D eigenvalue weighted by Crippen LogP contribution is 2.36. The van der Waals surface area contributed by atoms with Crippen LogP contribution in [0.25, 0.3) is 11.0 Å². The molecular formula is C14H11F3N2OS. The highest BCUT2D eigenvalue weighted by Gasteiger charge is 2.35. The molecule has 0 bridgehead atoms. The van der Waals surface area contributed by atoms with Gasteiger partial charge >= 0.3 is 6.18 Å². The summed E-state index contributed by atoms with van der Waals surface area (Å²) in [7, 11) is 1.67. The van der Waals surface area contributed by atoms with Gasteiger partial charge in [-0.3, -0.25) is 0 Å². The van der Waals surface area contributed by atoms with E-state index in [4.69, 9.17) is 4.42 Å². The van der Waals surface area contributed by atoms with E-state index < -0.39 is 17.2 Å².